The molecule has 0 unspecified atom stereocenters. The minimum atomic E-state index is -0.222. The predicted octanol–water partition coefficient (Wildman–Crippen LogP) is 1.14. The third-order valence-corrected chi connectivity index (χ3v) is 3.48. The number of hydrogen-bond donors (Lipinski definition) is 0. The zero-order valence-electron chi connectivity index (χ0n) is 12.3. The monoisotopic (exact) mass is 296 g/mol. The van der Waals surface area contributed by atoms with Gasteiger partial charge in [0.05, 0.1) is 18.9 Å². The Labute approximate surface area is 124 Å². The molecule has 1 amide bonds. The molecule has 1 saturated heterocycles. The molecule has 5 nitrogen and oxygen atoms in total. The lowest BCUT2D eigenvalue weighted by atomic mass is 10.2. The smallest absolute Gasteiger partial charge is 0.248 e. The Bertz CT molecular complexity index is 462. The van der Waals surface area contributed by atoms with Crippen LogP contribution in [0.4, 0.5) is 10.1 Å². The molecule has 1 aliphatic heterocycles. The summed E-state index contributed by atoms with van der Waals surface area (Å²) in [6, 6.07) is 6.72. The lowest BCUT2D eigenvalue weighted by molar-refractivity contribution is -0.136. The molecular weight excluding hydrogens is 275 g/mol. The molecule has 1 aromatic carbocycles. The first-order chi connectivity index (χ1) is 10.2. The van der Waals surface area contributed by atoms with Gasteiger partial charge in [-0.3, -0.25) is 4.79 Å². The van der Waals surface area contributed by atoms with Crippen molar-refractivity contribution < 1.29 is 18.7 Å². The molecule has 0 aliphatic carbocycles. The second-order valence-corrected chi connectivity index (χ2v) is 4.86. The Morgan fingerprint density at radius 1 is 1.19 bits per heavy atom. The number of halogens is 1. The van der Waals surface area contributed by atoms with Crippen LogP contribution in [0.3, 0.4) is 0 Å². The second-order valence-electron chi connectivity index (χ2n) is 4.86. The van der Waals surface area contributed by atoms with Crippen molar-refractivity contribution in [3.05, 3.63) is 30.1 Å². The van der Waals surface area contributed by atoms with Crippen LogP contribution in [0.2, 0.25) is 0 Å². The normalized spacial score (nSPS) is 15.3. The van der Waals surface area contributed by atoms with Crippen molar-refractivity contribution in [2.75, 3.05) is 58.0 Å². The van der Waals surface area contributed by atoms with Gasteiger partial charge in [-0.25, -0.2) is 4.39 Å². The SMILES string of the molecule is COCCOCC(=O)N1CCN(c2ccccc2F)CC1. The number of carbonyl (C=O) groups is 1. The van der Waals surface area contributed by atoms with Gasteiger partial charge >= 0.3 is 0 Å². The minimum Gasteiger partial charge on any atom is -0.382 e. The highest BCUT2D eigenvalue weighted by molar-refractivity contribution is 5.77. The van der Waals surface area contributed by atoms with Crippen LogP contribution in [-0.2, 0) is 14.3 Å². The predicted molar refractivity (Wildman–Crippen MR) is 77.9 cm³/mol. The summed E-state index contributed by atoms with van der Waals surface area (Å²) in [5.74, 6) is -0.250. The van der Waals surface area contributed by atoms with Crippen molar-refractivity contribution in [1.82, 2.24) is 4.90 Å². The fourth-order valence-electron chi connectivity index (χ4n) is 2.30. The van der Waals surface area contributed by atoms with E-state index >= 15 is 0 Å². The minimum absolute atomic E-state index is 0.0284. The van der Waals surface area contributed by atoms with Crippen LogP contribution in [0.15, 0.2) is 24.3 Å². The summed E-state index contributed by atoms with van der Waals surface area (Å²) in [5, 5.41) is 0. The number of rotatable bonds is 6. The molecule has 0 bridgehead atoms. The lowest BCUT2D eigenvalue weighted by Gasteiger charge is -2.36. The van der Waals surface area contributed by atoms with Gasteiger partial charge in [-0.1, -0.05) is 12.1 Å². The molecule has 1 aliphatic rings. The number of anilines is 1. The number of amides is 1. The fraction of sp³-hybridized carbons (Fsp3) is 0.533. The molecule has 1 fully saturated rings. The van der Waals surface area contributed by atoms with E-state index in [2.05, 4.69) is 0 Å². The third-order valence-electron chi connectivity index (χ3n) is 3.48. The van der Waals surface area contributed by atoms with Gasteiger partial charge in [-0.15, -0.1) is 0 Å². The first kappa shape index (κ1) is 15.7. The average molecular weight is 296 g/mol. The number of carbonyl (C=O) groups excluding carboxylic acids is 1. The van der Waals surface area contributed by atoms with Crippen LogP contribution < -0.4 is 4.90 Å². The van der Waals surface area contributed by atoms with Gasteiger partial charge in [0.2, 0.25) is 5.91 Å². The number of ether oxygens (including phenoxy) is 2. The van der Waals surface area contributed by atoms with E-state index in [4.69, 9.17) is 9.47 Å². The van der Waals surface area contributed by atoms with Crippen LogP contribution in [0.1, 0.15) is 0 Å². The molecule has 0 radical (unpaired) electrons. The average Bonchev–Trinajstić information content (AvgIpc) is 2.52. The summed E-state index contributed by atoms with van der Waals surface area (Å²) in [5.41, 5.74) is 0.598. The molecular formula is C15H21FN2O3. The Kier molecular flexibility index (Phi) is 5.95. The maximum Gasteiger partial charge on any atom is 0.248 e. The van der Waals surface area contributed by atoms with E-state index < -0.39 is 0 Å². The van der Waals surface area contributed by atoms with Gasteiger partial charge in [0.25, 0.3) is 0 Å². The zero-order valence-corrected chi connectivity index (χ0v) is 12.3. The Hall–Kier alpha value is -1.66. The van der Waals surface area contributed by atoms with Crippen LogP contribution in [-0.4, -0.2) is 63.9 Å². The highest BCUT2D eigenvalue weighted by atomic mass is 19.1. The van der Waals surface area contributed by atoms with E-state index in [1.807, 2.05) is 11.0 Å². The topological polar surface area (TPSA) is 42.0 Å². The van der Waals surface area contributed by atoms with E-state index in [0.29, 0.717) is 45.1 Å². The molecule has 2 rings (SSSR count). The first-order valence-corrected chi connectivity index (χ1v) is 7.06. The molecule has 1 aromatic rings. The summed E-state index contributed by atoms with van der Waals surface area (Å²) in [4.78, 5) is 15.7. The van der Waals surface area contributed by atoms with E-state index in [9.17, 15) is 9.18 Å². The summed E-state index contributed by atoms with van der Waals surface area (Å²) < 4.78 is 23.8. The first-order valence-electron chi connectivity index (χ1n) is 7.06. The van der Waals surface area contributed by atoms with Gasteiger partial charge in [-0.2, -0.15) is 0 Å². The summed E-state index contributed by atoms with van der Waals surface area (Å²) in [7, 11) is 1.59. The molecule has 21 heavy (non-hydrogen) atoms. The lowest BCUT2D eigenvalue weighted by Crippen LogP contribution is -2.50. The van der Waals surface area contributed by atoms with Gasteiger partial charge in [0.1, 0.15) is 12.4 Å². The van der Waals surface area contributed by atoms with E-state index in [1.165, 1.54) is 6.07 Å². The number of nitrogens with zero attached hydrogens (tertiary/aromatic N) is 2. The number of piperazine rings is 1. The van der Waals surface area contributed by atoms with Crippen molar-refractivity contribution in [1.29, 1.82) is 0 Å². The number of methoxy groups -OCH3 is 1. The highest BCUT2D eigenvalue weighted by Crippen LogP contribution is 2.20. The van der Waals surface area contributed by atoms with Gasteiger partial charge in [-0.05, 0) is 12.1 Å². The third kappa shape index (κ3) is 4.41. The molecule has 0 saturated carbocycles. The molecule has 6 heteroatoms. The van der Waals surface area contributed by atoms with Crippen LogP contribution in [0, 0.1) is 5.82 Å². The van der Waals surface area contributed by atoms with E-state index in [0.717, 1.165) is 0 Å². The number of para-hydroxylation sites is 1. The molecule has 0 aromatic heterocycles. The van der Waals surface area contributed by atoms with Crippen LogP contribution in [0.5, 0.6) is 0 Å². The van der Waals surface area contributed by atoms with Gasteiger partial charge in [0, 0.05) is 33.3 Å². The van der Waals surface area contributed by atoms with Crippen molar-refractivity contribution in [3.8, 4) is 0 Å². The number of benzene rings is 1. The molecule has 0 spiro atoms. The summed E-state index contributed by atoms with van der Waals surface area (Å²) in [6.45, 7) is 3.39. The van der Waals surface area contributed by atoms with Gasteiger partial charge < -0.3 is 19.3 Å². The van der Waals surface area contributed by atoms with Crippen molar-refractivity contribution >= 4 is 11.6 Å². The molecule has 116 valence electrons. The molecule has 0 N–H and O–H groups in total. The quantitative estimate of drug-likeness (QED) is 0.738. The van der Waals surface area contributed by atoms with Gasteiger partial charge in [0.15, 0.2) is 0 Å². The zero-order chi connectivity index (χ0) is 15.1. The Morgan fingerprint density at radius 3 is 2.57 bits per heavy atom. The summed E-state index contributed by atoms with van der Waals surface area (Å²) in [6.07, 6.45) is 0. The number of hydrogen-bond acceptors (Lipinski definition) is 4. The van der Waals surface area contributed by atoms with E-state index in [1.54, 1.807) is 24.1 Å². The van der Waals surface area contributed by atoms with Crippen LogP contribution in [0.25, 0.3) is 0 Å². The van der Waals surface area contributed by atoms with Crippen molar-refractivity contribution in [3.63, 3.8) is 0 Å². The highest BCUT2D eigenvalue weighted by Gasteiger charge is 2.22. The van der Waals surface area contributed by atoms with Crippen LogP contribution >= 0.6 is 0 Å². The van der Waals surface area contributed by atoms with E-state index in [-0.39, 0.29) is 18.3 Å². The standard InChI is InChI=1S/C15H21FN2O3/c1-20-10-11-21-12-15(19)18-8-6-17(7-9-18)14-5-3-2-4-13(14)16/h2-5H,6-12H2,1H3. The largest absolute Gasteiger partial charge is 0.382 e. The van der Waals surface area contributed by atoms with Crippen molar-refractivity contribution in [2.24, 2.45) is 0 Å². The Morgan fingerprint density at radius 2 is 1.90 bits per heavy atom. The maximum absolute atomic E-state index is 13.7. The van der Waals surface area contributed by atoms with Crippen molar-refractivity contribution in [2.45, 2.75) is 0 Å². The maximum atomic E-state index is 13.7. The molecule has 0 atom stereocenters. The molecule has 1 heterocycles. The Balaban J connectivity index is 1.78. The fourth-order valence-corrected chi connectivity index (χ4v) is 2.30. The second kappa shape index (κ2) is 7.95. The summed E-state index contributed by atoms with van der Waals surface area (Å²) >= 11 is 0.